The van der Waals surface area contributed by atoms with Crippen molar-refractivity contribution in [1.82, 2.24) is 9.55 Å². The molecular formula is C23H13F3N2O. The molecule has 0 atom stereocenters. The normalized spacial score (nSPS) is 12.1. The second-order valence-electron chi connectivity index (χ2n) is 6.77. The standard InChI is InChI=1S/C23H13F3N2O/c24-23(25,26)15-10-11-16-17-7-1-2-8-19(17)28(22(29)18(16)13-15)20-9-3-5-14-6-4-12-27-21(14)20/h1-13H. The highest BCUT2D eigenvalue weighted by Crippen LogP contribution is 2.33. The maximum Gasteiger partial charge on any atom is 0.416 e. The first kappa shape index (κ1) is 17.4. The van der Waals surface area contributed by atoms with Gasteiger partial charge in [-0.25, -0.2) is 0 Å². The van der Waals surface area contributed by atoms with Crippen LogP contribution in [0.5, 0.6) is 0 Å². The van der Waals surface area contributed by atoms with E-state index in [0.717, 1.165) is 17.5 Å². The first-order valence-electron chi connectivity index (χ1n) is 8.94. The van der Waals surface area contributed by atoms with Crippen molar-refractivity contribution >= 4 is 32.6 Å². The molecule has 3 nitrogen and oxygen atoms in total. The van der Waals surface area contributed by atoms with Gasteiger partial charge in [0.15, 0.2) is 0 Å². The van der Waals surface area contributed by atoms with E-state index in [0.29, 0.717) is 27.5 Å². The Morgan fingerprint density at radius 1 is 0.793 bits per heavy atom. The van der Waals surface area contributed by atoms with Gasteiger partial charge in [0.2, 0.25) is 0 Å². The Hall–Kier alpha value is -3.67. The van der Waals surface area contributed by atoms with Gasteiger partial charge in [-0.2, -0.15) is 13.2 Å². The molecule has 0 aliphatic rings. The second kappa shape index (κ2) is 6.17. The first-order chi connectivity index (χ1) is 13.9. The quantitative estimate of drug-likeness (QED) is 0.344. The van der Waals surface area contributed by atoms with Gasteiger partial charge in [0.1, 0.15) is 0 Å². The van der Waals surface area contributed by atoms with Crippen molar-refractivity contribution < 1.29 is 13.2 Å². The van der Waals surface area contributed by atoms with Gasteiger partial charge in [0, 0.05) is 22.4 Å². The monoisotopic (exact) mass is 390 g/mol. The van der Waals surface area contributed by atoms with Gasteiger partial charge < -0.3 is 0 Å². The summed E-state index contributed by atoms with van der Waals surface area (Å²) in [5.41, 5.74) is 0.392. The minimum absolute atomic E-state index is 0.0199. The summed E-state index contributed by atoms with van der Waals surface area (Å²) in [6.07, 6.45) is -2.90. The third kappa shape index (κ3) is 2.68. The number of fused-ring (bicyclic) bond motifs is 4. The van der Waals surface area contributed by atoms with Crippen molar-refractivity contribution in [2.45, 2.75) is 6.18 Å². The predicted octanol–water partition coefficient (Wildman–Crippen LogP) is 5.71. The van der Waals surface area contributed by atoms with Crippen LogP contribution in [-0.2, 0) is 6.18 Å². The molecule has 29 heavy (non-hydrogen) atoms. The molecule has 0 spiro atoms. The number of aromatic nitrogens is 2. The summed E-state index contributed by atoms with van der Waals surface area (Å²) in [6, 6.07) is 19.6. The Kier molecular flexibility index (Phi) is 3.71. The van der Waals surface area contributed by atoms with Crippen LogP contribution in [0.15, 0.2) is 83.8 Å². The first-order valence-corrected chi connectivity index (χ1v) is 8.94. The number of para-hydroxylation sites is 2. The van der Waals surface area contributed by atoms with E-state index < -0.39 is 17.3 Å². The molecule has 2 aromatic heterocycles. The zero-order valence-corrected chi connectivity index (χ0v) is 14.9. The van der Waals surface area contributed by atoms with Crippen LogP contribution in [0.25, 0.3) is 38.3 Å². The maximum atomic E-state index is 13.4. The van der Waals surface area contributed by atoms with E-state index >= 15 is 0 Å². The number of pyridine rings is 2. The average molecular weight is 390 g/mol. The number of halogens is 3. The van der Waals surface area contributed by atoms with E-state index in [9.17, 15) is 18.0 Å². The van der Waals surface area contributed by atoms with Gasteiger partial charge in [-0.15, -0.1) is 0 Å². The molecule has 2 heterocycles. The van der Waals surface area contributed by atoms with Crippen LogP contribution in [0, 0.1) is 0 Å². The lowest BCUT2D eigenvalue weighted by atomic mass is 10.0. The van der Waals surface area contributed by atoms with E-state index in [2.05, 4.69) is 4.98 Å². The van der Waals surface area contributed by atoms with E-state index in [4.69, 9.17) is 0 Å². The molecule has 6 heteroatoms. The molecule has 5 rings (SSSR count). The highest BCUT2D eigenvalue weighted by molar-refractivity contribution is 6.07. The molecule has 0 saturated carbocycles. The minimum atomic E-state index is -4.53. The summed E-state index contributed by atoms with van der Waals surface area (Å²) in [5.74, 6) is 0. The highest BCUT2D eigenvalue weighted by atomic mass is 19.4. The van der Waals surface area contributed by atoms with Crippen molar-refractivity contribution in [2.75, 3.05) is 0 Å². The largest absolute Gasteiger partial charge is 0.416 e. The third-order valence-electron chi connectivity index (χ3n) is 5.07. The number of rotatable bonds is 1. The Morgan fingerprint density at radius 2 is 1.59 bits per heavy atom. The van der Waals surface area contributed by atoms with Crippen molar-refractivity contribution in [1.29, 1.82) is 0 Å². The molecule has 5 aromatic rings. The Bertz CT molecular complexity index is 1460. The van der Waals surface area contributed by atoms with Gasteiger partial charge >= 0.3 is 6.18 Å². The summed E-state index contributed by atoms with van der Waals surface area (Å²) in [6.45, 7) is 0. The van der Waals surface area contributed by atoms with Crippen LogP contribution in [0.3, 0.4) is 0 Å². The molecule has 142 valence electrons. The number of benzene rings is 3. The zero-order chi connectivity index (χ0) is 20.2. The fourth-order valence-electron chi connectivity index (χ4n) is 3.77. The lowest BCUT2D eigenvalue weighted by molar-refractivity contribution is -0.137. The maximum absolute atomic E-state index is 13.4. The fraction of sp³-hybridized carbons (Fsp3) is 0.0435. The summed E-state index contributed by atoms with van der Waals surface area (Å²) < 4.78 is 41.3. The number of hydrogen-bond acceptors (Lipinski definition) is 2. The Morgan fingerprint density at radius 3 is 2.41 bits per heavy atom. The minimum Gasteiger partial charge on any atom is -0.274 e. The fourth-order valence-corrected chi connectivity index (χ4v) is 3.77. The number of hydrogen-bond donors (Lipinski definition) is 0. The molecule has 0 amide bonds. The van der Waals surface area contributed by atoms with Gasteiger partial charge in [-0.05, 0) is 35.7 Å². The molecule has 0 unspecified atom stereocenters. The number of alkyl halides is 3. The van der Waals surface area contributed by atoms with Crippen LogP contribution in [0.1, 0.15) is 5.56 Å². The average Bonchev–Trinajstić information content (AvgIpc) is 2.73. The molecule has 0 aliphatic heterocycles. The molecule has 3 aromatic carbocycles. The van der Waals surface area contributed by atoms with Gasteiger partial charge in [-0.1, -0.05) is 42.5 Å². The van der Waals surface area contributed by atoms with Crippen LogP contribution in [-0.4, -0.2) is 9.55 Å². The molecule has 0 saturated heterocycles. The Balaban J connectivity index is 1.99. The lowest BCUT2D eigenvalue weighted by Gasteiger charge is -2.15. The molecule has 0 aliphatic carbocycles. The zero-order valence-electron chi connectivity index (χ0n) is 14.9. The molecular weight excluding hydrogens is 377 g/mol. The van der Waals surface area contributed by atoms with E-state index in [1.165, 1.54) is 10.6 Å². The Labute approximate surface area is 162 Å². The van der Waals surface area contributed by atoms with Crippen LogP contribution >= 0.6 is 0 Å². The summed E-state index contributed by atoms with van der Waals surface area (Å²) in [7, 11) is 0. The topological polar surface area (TPSA) is 34.9 Å². The summed E-state index contributed by atoms with van der Waals surface area (Å²) >= 11 is 0. The van der Waals surface area contributed by atoms with Crippen LogP contribution in [0.4, 0.5) is 13.2 Å². The second-order valence-corrected chi connectivity index (χ2v) is 6.77. The van der Waals surface area contributed by atoms with Gasteiger partial charge in [-0.3, -0.25) is 14.3 Å². The molecule has 0 fully saturated rings. The van der Waals surface area contributed by atoms with Gasteiger partial charge in [0.25, 0.3) is 5.56 Å². The van der Waals surface area contributed by atoms with Crippen molar-refractivity contribution in [2.24, 2.45) is 0 Å². The van der Waals surface area contributed by atoms with Crippen molar-refractivity contribution in [3.05, 3.63) is 94.9 Å². The van der Waals surface area contributed by atoms with E-state index in [1.807, 2.05) is 12.1 Å². The van der Waals surface area contributed by atoms with E-state index in [1.54, 1.807) is 48.7 Å². The molecule has 0 radical (unpaired) electrons. The van der Waals surface area contributed by atoms with Crippen molar-refractivity contribution in [3.63, 3.8) is 0 Å². The SMILES string of the molecule is O=c1c2cc(C(F)(F)F)ccc2c2ccccc2n1-c1cccc2cccnc12. The third-order valence-corrected chi connectivity index (χ3v) is 5.07. The van der Waals surface area contributed by atoms with E-state index in [-0.39, 0.29) is 5.39 Å². The van der Waals surface area contributed by atoms with Crippen LogP contribution in [0.2, 0.25) is 0 Å². The molecule has 0 N–H and O–H groups in total. The number of nitrogens with zero attached hydrogens (tertiary/aromatic N) is 2. The summed E-state index contributed by atoms with van der Waals surface area (Å²) in [5, 5.41) is 2.04. The predicted molar refractivity (Wildman–Crippen MR) is 107 cm³/mol. The smallest absolute Gasteiger partial charge is 0.274 e. The molecule has 0 bridgehead atoms. The highest BCUT2D eigenvalue weighted by Gasteiger charge is 2.31. The van der Waals surface area contributed by atoms with Crippen molar-refractivity contribution in [3.8, 4) is 5.69 Å². The lowest BCUT2D eigenvalue weighted by Crippen LogP contribution is -2.20. The van der Waals surface area contributed by atoms with Crippen LogP contribution < -0.4 is 5.56 Å². The van der Waals surface area contributed by atoms with Gasteiger partial charge in [0.05, 0.1) is 22.3 Å². The summed E-state index contributed by atoms with van der Waals surface area (Å²) in [4.78, 5) is 17.8.